The van der Waals surface area contributed by atoms with E-state index in [4.69, 9.17) is 4.74 Å². The molecule has 1 heterocycles. The van der Waals surface area contributed by atoms with Gasteiger partial charge in [0.2, 0.25) is 0 Å². The second kappa shape index (κ2) is 8.30. The Morgan fingerprint density at radius 2 is 1.88 bits per heavy atom. The zero-order valence-electron chi connectivity index (χ0n) is 17.4. The number of hydrogen-bond donors (Lipinski definition) is 1. The summed E-state index contributed by atoms with van der Waals surface area (Å²) in [6.45, 7) is 3.98. The first-order valence-corrected chi connectivity index (χ1v) is 10.1. The lowest BCUT2D eigenvalue weighted by molar-refractivity contribution is -0.398. The average molecular weight is 433 g/mol. The van der Waals surface area contributed by atoms with Crippen LogP contribution in [0.5, 0.6) is 5.75 Å². The molecule has 32 heavy (non-hydrogen) atoms. The number of nitro groups is 1. The molecule has 1 aliphatic heterocycles. The molecule has 3 atom stereocenters. The highest BCUT2D eigenvalue weighted by molar-refractivity contribution is 6.01. The zero-order chi connectivity index (χ0) is 23.0. The van der Waals surface area contributed by atoms with Gasteiger partial charge in [0.15, 0.2) is 5.78 Å². The largest absolute Gasteiger partial charge is 0.868 e. The minimum absolute atomic E-state index is 0.0450. The first-order chi connectivity index (χ1) is 15.3. The molecule has 0 aromatic heterocycles. The van der Waals surface area contributed by atoms with Crippen molar-refractivity contribution in [2.24, 2.45) is 5.92 Å². The quantitative estimate of drug-likeness (QED) is 0.447. The summed E-state index contributed by atoms with van der Waals surface area (Å²) in [7, 11) is 1.23. The second-order valence-electron chi connectivity index (χ2n) is 7.94. The molecule has 3 unspecified atom stereocenters. The van der Waals surface area contributed by atoms with Crippen molar-refractivity contribution in [1.29, 1.82) is 0 Å². The molecule has 1 N–H and O–H groups in total. The van der Waals surface area contributed by atoms with E-state index < -0.39 is 34.2 Å². The average Bonchev–Trinajstić information content (AvgIpc) is 2.78. The number of methoxy groups -OCH3 is 1. The van der Waals surface area contributed by atoms with Crippen LogP contribution in [0.3, 0.4) is 0 Å². The maximum absolute atomic E-state index is 13.4. The molecule has 2 aliphatic rings. The molecule has 0 fully saturated rings. The number of Topliss-reactive ketones (excluding diaryl/α,β-unsaturated/α-hetero) is 1. The zero-order valence-corrected chi connectivity index (χ0v) is 17.4. The van der Waals surface area contributed by atoms with Gasteiger partial charge in [-0.2, -0.15) is 0 Å². The van der Waals surface area contributed by atoms with E-state index in [9.17, 15) is 24.8 Å². The topological polar surface area (TPSA) is 122 Å². The molecule has 0 saturated heterocycles. The molecule has 0 saturated carbocycles. The van der Waals surface area contributed by atoms with Gasteiger partial charge in [0.05, 0.1) is 12.0 Å². The Balaban J connectivity index is 1.85. The molecule has 0 bridgehead atoms. The molecular formula is C24H21N2O6-. The smallest absolute Gasteiger partial charge is 0.315 e. The fourth-order valence-corrected chi connectivity index (χ4v) is 4.65. The molecule has 8 heteroatoms. The Kier molecular flexibility index (Phi) is 5.52. The maximum atomic E-state index is 13.4. The number of rotatable bonds is 4. The highest BCUT2D eigenvalue weighted by Crippen LogP contribution is 2.48. The van der Waals surface area contributed by atoms with Crippen LogP contribution in [0, 0.1) is 16.0 Å². The highest BCUT2D eigenvalue weighted by Gasteiger charge is 2.45. The molecule has 0 radical (unpaired) electrons. The highest BCUT2D eigenvalue weighted by atomic mass is 16.6. The van der Waals surface area contributed by atoms with Gasteiger partial charge in [-0.25, -0.2) is 0 Å². The van der Waals surface area contributed by atoms with E-state index in [1.807, 2.05) is 30.3 Å². The summed E-state index contributed by atoms with van der Waals surface area (Å²) < 4.78 is 4.95. The van der Waals surface area contributed by atoms with Crippen LogP contribution in [0.25, 0.3) is 0 Å². The van der Waals surface area contributed by atoms with E-state index in [1.54, 1.807) is 0 Å². The molecule has 8 nitrogen and oxygen atoms in total. The molecule has 1 aliphatic carbocycles. The van der Waals surface area contributed by atoms with Gasteiger partial charge in [0.1, 0.15) is 5.92 Å². The lowest BCUT2D eigenvalue weighted by atomic mass is 9.69. The number of carbonyl (C=O) groups is 2. The lowest BCUT2D eigenvalue weighted by Gasteiger charge is -2.40. The molecule has 2 aromatic rings. The lowest BCUT2D eigenvalue weighted by Crippen LogP contribution is -2.42. The Hall–Kier alpha value is -3.94. The number of nitrogens with zero attached hydrogens (tertiary/aromatic N) is 1. The number of esters is 1. The summed E-state index contributed by atoms with van der Waals surface area (Å²) in [6, 6.07) is 13.3. The second-order valence-corrected chi connectivity index (χ2v) is 7.94. The van der Waals surface area contributed by atoms with Crippen LogP contribution < -0.4 is 10.4 Å². The van der Waals surface area contributed by atoms with E-state index in [1.165, 1.54) is 13.2 Å². The minimum Gasteiger partial charge on any atom is -0.868 e. The first kappa shape index (κ1) is 21.3. The third kappa shape index (κ3) is 3.64. The summed E-state index contributed by atoms with van der Waals surface area (Å²) in [5, 5.41) is 26.4. The van der Waals surface area contributed by atoms with Gasteiger partial charge in [-0.1, -0.05) is 49.0 Å². The normalized spacial score (nSPS) is 22.7. The number of hydrogen-bond acceptors (Lipinski definition) is 7. The third-order valence-electron chi connectivity index (χ3n) is 6.10. The Bertz CT molecular complexity index is 1150. The first-order valence-electron chi connectivity index (χ1n) is 10.1. The van der Waals surface area contributed by atoms with Crippen LogP contribution in [0.1, 0.15) is 35.8 Å². The summed E-state index contributed by atoms with van der Waals surface area (Å²) in [4.78, 5) is 36.6. The summed E-state index contributed by atoms with van der Waals surface area (Å²) >= 11 is 0. The van der Waals surface area contributed by atoms with Crippen molar-refractivity contribution in [2.45, 2.75) is 24.7 Å². The SMILES string of the molecule is C=C1NC2=C(C(=O)CC(c3ccccc3)C2)C(c2ccc([O-])c([N+](=O)[O-])c2)C1C(=O)OC. The van der Waals surface area contributed by atoms with Crippen LogP contribution in [0.15, 0.2) is 72.1 Å². The summed E-state index contributed by atoms with van der Waals surface area (Å²) in [6.07, 6.45) is 0.763. The molecule has 2 aromatic carbocycles. The summed E-state index contributed by atoms with van der Waals surface area (Å²) in [5.41, 5.74) is 2.11. The Morgan fingerprint density at radius 3 is 2.53 bits per heavy atom. The number of ether oxygens (including phenoxy) is 1. The Morgan fingerprint density at radius 1 is 1.16 bits per heavy atom. The van der Waals surface area contributed by atoms with Crippen molar-refractivity contribution >= 4 is 17.4 Å². The van der Waals surface area contributed by atoms with E-state index in [2.05, 4.69) is 11.9 Å². The van der Waals surface area contributed by atoms with Crippen molar-refractivity contribution in [1.82, 2.24) is 5.32 Å². The van der Waals surface area contributed by atoms with Crippen LogP contribution in [0.4, 0.5) is 5.69 Å². The van der Waals surface area contributed by atoms with Crippen LogP contribution in [-0.4, -0.2) is 23.8 Å². The molecule has 0 amide bonds. The van der Waals surface area contributed by atoms with E-state index >= 15 is 0 Å². The number of carbonyl (C=O) groups excluding carboxylic acids is 2. The minimum atomic E-state index is -0.965. The number of benzene rings is 2. The Labute approximate surface area is 184 Å². The van der Waals surface area contributed by atoms with Crippen LogP contribution in [-0.2, 0) is 14.3 Å². The molecule has 4 rings (SSSR count). The molecule has 0 spiro atoms. The predicted molar refractivity (Wildman–Crippen MR) is 114 cm³/mol. The van der Waals surface area contributed by atoms with Crippen molar-refractivity contribution in [3.8, 4) is 5.75 Å². The molecular weight excluding hydrogens is 412 g/mol. The van der Waals surface area contributed by atoms with Crippen molar-refractivity contribution in [3.05, 3.63) is 93.3 Å². The van der Waals surface area contributed by atoms with Gasteiger partial charge < -0.3 is 15.2 Å². The van der Waals surface area contributed by atoms with E-state index in [0.29, 0.717) is 29.0 Å². The van der Waals surface area contributed by atoms with E-state index in [0.717, 1.165) is 17.7 Å². The fourth-order valence-electron chi connectivity index (χ4n) is 4.65. The van der Waals surface area contributed by atoms with Crippen molar-refractivity contribution in [2.75, 3.05) is 7.11 Å². The van der Waals surface area contributed by atoms with Gasteiger partial charge in [0.25, 0.3) is 5.69 Å². The van der Waals surface area contributed by atoms with Gasteiger partial charge in [-0.15, -0.1) is 0 Å². The van der Waals surface area contributed by atoms with Crippen molar-refractivity contribution in [3.63, 3.8) is 0 Å². The van der Waals surface area contributed by atoms with Crippen molar-refractivity contribution < 1.29 is 24.4 Å². The summed E-state index contributed by atoms with van der Waals surface area (Å²) in [5.74, 6) is -3.37. The monoisotopic (exact) mass is 433 g/mol. The van der Waals surface area contributed by atoms with Crippen LogP contribution in [0.2, 0.25) is 0 Å². The van der Waals surface area contributed by atoms with Crippen LogP contribution >= 0.6 is 0 Å². The maximum Gasteiger partial charge on any atom is 0.315 e. The third-order valence-corrected chi connectivity index (χ3v) is 6.10. The predicted octanol–water partition coefficient (Wildman–Crippen LogP) is 3.06. The number of nitrogens with one attached hydrogen (secondary N) is 1. The number of allylic oxidation sites excluding steroid dienone is 2. The van der Waals surface area contributed by atoms with Gasteiger partial charge in [0, 0.05) is 35.4 Å². The standard InChI is InChI=1S/C24H22N2O6/c1-13-21(24(29)32-2)22(15-8-9-19(27)18(11-15)26(30)31)23-17(25-13)10-16(12-20(23)28)14-6-4-3-5-7-14/h3-9,11,16,21-22,25,27H,1,10,12H2,2H3/p-1. The number of nitro benzene ring substituents is 1. The number of ketones is 1. The van der Waals surface area contributed by atoms with Gasteiger partial charge >= 0.3 is 5.97 Å². The van der Waals surface area contributed by atoms with Gasteiger partial charge in [-0.05, 0) is 29.2 Å². The van der Waals surface area contributed by atoms with E-state index in [-0.39, 0.29) is 18.1 Å². The molecule has 164 valence electrons. The van der Waals surface area contributed by atoms with Gasteiger partial charge in [-0.3, -0.25) is 19.7 Å². The fraction of sp³-hybridized carbons (Fsp3) is 0.250.